The molecule has 0 spiro atoms. The van der Waals surface area contributed by atoms with Crippen molar-refractivity contribution in [2.45, 2.75) is 82.7 Å². The van der Waals surface area contributed by atoms with Gasteiger partial charge in [-0.1, -0.05) is 60.7 Å². The number of aliphatic hydroxyl groups excluding tert-OH is 1. The first-order valence-electron chi connectivity index (χ1n) is 13.6. The molecule has 12 nitrogen and oxygen atoms in total. The molecule has 0 aliphatic carbocycles. The van der Waals surface area contributed by atoms with Crippen LogP contribution >= 0.6 is 0 Å². The Kier molecular flexibility index (Phi) is 12.9. The van der Waals surface area contributed by atoms with Crippen LogP contribution in [-0.2, 0) is 36.8 Å². The topological polar surface area (TPSA) is 191 Å². The zero-order chi connectivity index (χ0) is 31.3. The van der Waals surface area contributed by atoms with E-state index in [1.807, 2.05) is 30.3 Å². The number of carbonyl (C=O) groups is 5. The molecule has 2 rings (SSSR count). The quantitative estimate of drug-likeness (QED) is 0.181. The lowest BCUT2D eigenvalue weighted by atomic mass is 10.0. The van der Waals surface area contributed by atoms with Crippen LogP contribution in [0.5, 0.6) is 0 Å². The molecule has 4 atom stereocenters. The maximum atomic E-state index is 13.4. The number of aliphatic carboxylic acids is 2. The van der Waals surface area contributed by atoms with Gasteiger partial charge in [0.2, 0.25) is 11.8 Å². The van der Waals surface area contributed by atoms with E-state index in [0.717, 1.165) is 5.56 Å². The van der Waals surface area contributed by atoms with Crippen LogP contribution in [-0.4, -0.2) is 75.0 Å². The van der Waals surface area contributed by atoms with Gasteiger partial charge in [0, 0.05) is 12.8 Å². The van der Waals surface area contributed by atoms with Crippen LogP contribution in [0, 0.1) is 0 Å². The second kappa shape index (κ2) is 16.1. The predicted molar refractivity (Wildman–Crippen MR) is 152 cm³/mol. The molecule has 0 aliphatic heterocycles. The first-order chi connectivity index (χ1) is 19.7. The highest BCUT2D eigenvalue weighted by atomic mass is 16.6. The summed E-state index contributed by atoms with van der Waals surface area (Å²) in [7, 11) is 0. The fourth-order valence-corrected chi connectivity index (χ4v) is 4.02. The van der Waals surface area contributed by atoms with Crippen molar-refractivity contribution in [1.82, 2.24) is 16.0 Å². The van der Waals surface area contributed by atoms with Crippen LogP contribution < -0.4 is 16.0 Å². The molecule has 6 N–H and O–H groups in total. The number of hydrogen-bond donors (Lipinski definition) is 6. The molecule has 0 saturated carbocycles. The number of aryl methyl sites for hydroxylation is 1. The van der Waals surface area contributed by atoms with Gasteiger partial charge < -0.3 is 36.0 Å². The highest BCUT2D eigenvalue weighted by Crippen LogP contribution is 2.12. The smallest absolute Gasteiger partial charge is 0.408 e. The number of ether oxygens (including phenoxy) is 1. The van der Waals surface area contributed by atoms with Crippen LogP contribution in [0.2, 0.25) is 0 Å². The number of alkyl carbamates (subject to hydrolysis) is 1. The number of rotatable bonds is 15. The van der Waals surface area contributed by atoms with E-state index in [2.05, 4.69) is 16.0 Å². The summed E-state index contributed by atoms with van der Waals surface area (Å²) in [5.74, 6) is -4.46. The summed E-state index contributed by atoms with van der Waals surface area (Å²) in [6, 6.07) is 13.3. The molecule has 12 heteroatoms. The molecular formula is C30H39N3O9. The van der Waals surface area contributed by atoms with Crippen LogP contribution in [0.15, 0.2) is 60.7 Å². The van der Waals surface area contributed by atoms with E-state index < -0.39 is 66.1 Å². The second-order valence-corrected chi connectivity index (χ2v) is 10.8. The standard InChI is InChI=1S/C30H39N3O9/c1-30(2,3)42-29(41)33-25(23(34)16-14-19-10-6-4-7-11-19)27(38)31-21(15-17-24(35)36)26(37)32-22(28(39)40)18-20-12-8-5-9-13-20/h4-13,21-23,25,34H,14-18H2,1-3H3,(H,31,38)(H,32,37)(H,33,41)(H,35,36)(H,39,40)/t21-,22-,23-,25-/m0/s1. The van der Waals surface area contributed by atoms with Gasteiger partial charge in [-0.2, -0.15) is 0 Å². The van der Waals surface area contributed by atoms with Crippen LogP contribution in [0.25, 0.3) is 0 Å². The van der Waals surface area contributed by atoms with E-state index in [9.17, 15) is 39.3 Å². The molecule has 0 unspecified atom stereocenters. The molecule has 42 heavy (non-hydrogen) atoms. The van der Waals surface area contributed by atoms with E-state index in [-0.39, 0.29) is 19.3 Å². The van der Waals surface area contributed by atoms with Crippen LogP contribution in [0.4, 0.5) is 4.79 Å². The average molecular weight is 586 g/mol. The Hall–Kier alpha value is -4.45. The maximum Gasteiger partial charge on any atom is 0.408 e. The third-order valence-corrected chi connectivity index (χ3v) is 6.09. The normalized spacial score (nSPS) is 14.0. The van der Waals surface area contributed by atoms with Gasteiger partial charge in [-0.3, -0.25) is 14.4 Å². The first kappa shape index (κ1) is 33.8. The highest BCUT2D eigenvalue weighted by molar-refractivity contribution is 5.93. The Bertz CT molecular complexity index is 1200. The molecule has 0 radical (unpaired) electrons. The third kappa shape index (κ3) is 12.4. The van der Waals surface area contributed by atoms with E-state index >= 15 is 0 Å². The summed E-state index contributed by atoms with van der Waals surface area (Å²) in [6.07, 6.45) is -2.92. The second-order valence-electron chi connectivity index (χ2n) is 10.8. The Morgan fingerprint density at radius 1 is 0.762 bits per heavy atom. The monoisotopic (exact) mass is 585 g/mol. The van der Waals surface area contributed by atoms with Gasteiger partial charge in [-0.25, -0.2) is 9.59 Å². The van der Waals surface area contributed by atoms with Gasteiger partial charge in [-0.15, -0.1) is 0 Å². The van der Waals surface area contributed by atoms with Crippen LogP contribution in [0.1, 0.15) is 51.2 Å². The Labute approximate surface area is 244 Å². The van der Waals surface area contributed by atoms with Gasteiger partial charge in [0.05, 0.1) is 6.10 Å². The number of carboxylic acids is 2. The number of nitrogens with one attached hydrogen (secondary N) is 3. The summed E-state index contributed by atoms with van der Waals surface area (Å²) in [5, 5.41) is 36.9. The van der Waals surface area contributed by atoms with Gasteiger partial charge >= 0.3 is 18.0 Å². The summed E-state index contributed by atoms with van der Waals surface area (Å²) >= 11 is 0. The molecule has 0 fully saturated rings. The molecule has 0 bridgehead atoms. The molecule has 0 aliphatic rings. The number of carbonyl (C=O) groups excluding carboxylic acids is 3. The van der Waals surface area contributed by atoms with E-state index in [0.29, 0.717) is 12.0 Å². The highest BCUT2D eigenvalue weighted by Gasteiger charge is 2.34. The van der Waals surface area contributed by atoms with E-state index in [4.69, 9.17) is 4.74 Å². The van der Waals surface area contributed by atoms with Gasteiger partial charge in [0.25, 0.3) is 0 Å². The van der Waals surface area contributed by atoms with Crippen molar-refractivity contribution < 1.29 is 44.0 Å². The van der Waals surface area contributed by atoms with Crippen molar-refractivity contribution in [1.29, 1.82) is 0 Å². The van der Waals surface area contributed by atoms with Crippen molar-refractivity contribution in [2.75, 3.05) is 0 Å². The molecule has 0 saturated heterocycles. The van der Waals surface area contributed by atoms with Gasteiger partial charge in [0.1, 0.15) is 23.7 Å². The number of benzene rings is 2. The molecule has 0 aromatic heterocycles. The number of carboxylic acid groups (broad SMARTS) is 2. The van der Waals surface area contributed by atoms with E-state index in [1.165, 1.54) is 0 Å². The molecule has 2 aromatic rings. The van der Waals surface area contributed by atoms with Gasteiger partial charge in [0.15, 0.2) is 0 Å². The van der Waals surface area contributed by atoms with E-state index in [1.54, 1.807) is 51.1 Å². The minimum Gasteiger partial charge on any atom is -0.481 e. The lowest BCUT2D eigenvalue weighted by molar-refractivity contribution is -0.143. The number of aliphatic hydroxyl groups is 1. The molecule has 2 aromatic carbocycles. The minimum absolute atomic E-state index is 0.0530. The molecular weight excluding hydrogens is 546 g/mol. The van der Waals surface area contributed by atoms with Crippen molar-refractivity contribution in [3.05, 3.63) is 71.8 Å². The zero-order valence-corrected chi connectivity index (χ0v) is 23.9. The van der Waals surface area contributed by atoms with Gasteiger partial charge in [-0.05, 0) is 51.2 Å². The minimum atomic E-state index is -1.57. The SMILES string of the molecule is CC(C)(C)OC(=O)N[C@H](C(=O)N[C@@H](CCC(=O)O)C(=O)N[C@@H](Cc1ccccc1)C(=O)O)[C@@H](O)CCc1ccccc1. The fourth-order valence-electron chi connectivity index (χ4n) is 4.02. The summed E-state index contributed by atoms with van der Waals surface area (Å²) in [5.41, 5.74) is 0.610. The van der Waals surface area contributed by atoms with Crippen molar-refractivity contribution in [3.63, 3.8) is 0 Å². The van der Waals surface area contributed by atoms with Crippen molar-refractivity contribution in [3.8, 4) is 0 Å². The van der Waals surface area contributed by atoms with Crippen LogP contribution in [0.3, 0.4) is 0 Å². The first-order valence-corrected chi connectivity index (χ1v) is 13.6. The molecule has 3 amide bonds. The lowest BCUT2D eigenvalue weighted by Crippen LogP contribution is -2.59. The number of hydrogen-bond acceptors (Lipinski definition) is 7. The zero-order valence-electron chi connectivity index (χ0n) is 23.9. The average Bonchev–Trinajstić information content (AvgIpc) is 2.92. The molecule has 0 heterocycles. The Morgan fingerprint density at radius 2 is 1.31 bits per heavy atom. The summed E-state index contributed by atoms with van der Waals surface area (Å²) < 4.78 is 5.23. The third-order valence-electron chi connectivity index (χ3n) is 6.09. The maximum absolute atomic E-state index is 13.4. The predicted octanol–water partition coefficient (Wildman–Crippen LogP) is 2.04. The fraction of sp³-hybridized carbons (Fsp3) is 0.433. The molecule has 228 valence electrons. The number of amides is 3. The Morgan fingerprint density at radius 3 is 1.83 bits per heavy atom. The Balaban J connectivity index is 2.23. The summed E-state index contributed by atoms with van der Waals surface area (Å²) in [4.78, 5) is 62.2. The van der Waals surface area contributed by atoms with Crippen molar-refractivity contribution in [2.24, 2.45) is 0 Å². The summed E-state index contributed by atoms with van der Waals surface area (Å²) in [6.45, 7) is 4.86. The largest absolute Gasteiger partial charge is 0.481 e. The van der Waals surface area contributed by atoms with Crippen molar-refractivity contribution >= 4 is 29.8 Å². The lowest BCUT2D eigenvalue weighted by Gasteiger charge is -2.28.